The van der Waals surface area contributed by atoms with E-state index in [0.717, 1.165) is 40.4 Å². The van der Waals surface area contributed by atoms with Gasteiger partial charge in [-0.3, -0.25) is 0 Å². The van der Waals surface area contributed by atoms with Crippen LogP contribution in [0.5, 0.6) is 0 Å². The third-order valence-corrected chi connectivity index (χ3v) is 5.33. The van der Waals surface area contributed by atoms with Crippen LogP contribution in [0.2, 0.25) is 0 Å². The fourth-order valence-corrected chi connectivity index (χ4v) is 3.97. The highest BCUT2D eigenvalue weighted by Crippen LogP contribution is 2.31. The SMILES string of the molecule is Cc1nc(Nc2ncc(-c3ccccc3)s2)cc([C@@H]2CCCNC2)n1. The second-order valence-electron chi connectivity index (χ2n) is 6.29. The van der Waals surface area contributed by atoms with E-state index < -0.39 is 0 Å². The molecular weight excluding hydrogens is 330 g/mol. The highest BCUT2D eigenvalue weighted by Gasteiger charge is 2.18. The quantitative estimate of drug-likeness (QED) is 0.740. The molecule has 2 aromatic heterocycles. The topological polar surface area (TPSA) is 62.7 Å². The first kappa shape index (κ1) is 16.2. The molecule has 1 fully saturated rings. The lowest BCUT2D eigenvalue weighted by Gasteiger charge is -2.22. The number of hydrogen-bond acceptors (Lipinski definition) is 6. The normalized spacial score (nSPS) is 17.4. The van der Waals surface area contributed by atoms with Crippen molar-refractivity contribution in [3.63, 3.8) is 0 Å². The zero-order chi connectivity index (χ0) is 17.1. The van der Waals surface area contributed by atoms with Gasteiger partial charge < -0.3 is 10.6 Å². The van der Waals surface area contributed by atoms with E-state index in [1.807, 2.05) is 31.3 Å². The Kier molecular flexibility index (Phi) is 4.72. The molecule has 1 saturated heterocycles. The van der Waals surface area contributed by atoms with Crippen molar-refractivity contribution in [2.45, 2.75) is 25.7 Å². The molecule has 1 aliphatic heterocycles. The molecule has 6 heteroatoms. The zero-order valence-electron chi connectivity index (χ0n) is 14.2. The molecule has 3 heterocycles. The predicted molar refractivity (Wildman–Crippen MR) is 102 cm³/mol. The van der Waals surface area contributed by atoms with Crippen LogP contribution in [0.3, 0.4) is 0 Å². The van der Waals surface area contributed by atoms with Gasteiger partial charge in [0.05, 0.1) is 10.6 Å². The van der Waals surface area contributed by atoms with Crippen LogP contribution in [0.25, 0.3) is 10.4 Å². The van der Waals surface area contributed by atoms with Crippen molar-refractivity contribution in [2.75, 3.05) is 18.4 Å². The Hall–Kier alpha value is -2.31. The van der Waals surface area contributed by atoms with Crippen LogP contribution in [0.15, 0.2) is 42.6 Å². The maximum atomic E-state index is 4.64. The van der Waals surface area contributed by atoms with Gasteiger partial charge in [-0.25, -0.2) is 15.0 Å². The van der Waals surface area contributed by atoms with E-state index in [-0.39, 0.29) is 0 Å². The predicted octanol–water partition coefficient (Wildman–Crippen LogP) is 4.12. The van der Waals surface area contributed by atoms with Crippen LogP contribution in [-0.2, 0) is 0 Å². The zero-order valence-corrected chi connectivity index (χ0v) is 15.0. The Morgan fingerprint density at radius 1 is 1.20 bits per heavy atom. The molecular formula is C19H21N5S. The monoisotopic (exact) mass is 351 g/mol. The van der Waals surface area contributed by atoms with E-state index in [4.69, 9.17) is 0 Å². The fourth-order valence-electron chi connectivity index (χ4n) is 3.15. The molecule has 3 aromatic rings. The number of anilines is 2. The second-order valence-corrected chi connectivity index (χ2v) is 7.32. The third-order valence-electron chi connectivity index (χ3n) is 4.37. The van der Waals surface area contributed by atoms with Crippen molar-refractivity contribution < 1.29 is 0 Å². The standard InChI is InChI=1S/C19H21N5S/c1-13-22-16(15-8-5-9-20-11-15)10-18(23-13)24-19-21-12-17(25-19)14-6-3-2-4-7-14/h2-4,6-7,10,12,15,20H,5,8-9,11H2,1H3,(H,21,22,23,24)/t15-/m1/s1. The van der Waals surface area contributed by atoms with Gasteiger partial charge in [0.1, 0.15) is 11.6 Å². The minimum absolute atomic E-state index is 0.465. The van der Waals surface area contributed by atoms with Gasteiger partial charge in [0, 0.05) is 24.7 Å². The summed E-state index contributed by atoms with van der Waals surface area (Å²) in [5.74, 6) is 2.08. The minimum Gasteiger partial charge on any atom is -0.316 e. The van der Waals surface area contributed by atoms with E-state index in [9.17, 15) is 0 Å². The van der Waals surface area contributed by atoms with Crippen molar-refractivity contribution >= 4 is 22.3 Å². The van der Waals surface area contributed by atoms with Crippen LogP contribution in [0.1, 0.15) is 30.3 Å². The molecule has 0 amide bonds. The van der Waals surface area contributed by atoms with Gasteiger partial charge in [-0.1, -0.05) is 41.7 Å². The smallest absolute Gasteiger partial charge is 0.188 e. The molecule has 0 unspecified atom stereocenters. The molecule has 1 atom stereocenters. The summed E-state index contributed by atoms with van der Waals surface area (Å²) < 4.78 is 0. The van der Waals surface area contributed by atoms with Crippen molar-refractivity contribution in [3.8, 4) is 10.4 Å². The lowest BCUT2D eigenvalue weighted by atomic mass is 9.96. The van der Waals surface area contributed by atoms with Gasteiger partial charge in [0.15, 0.2) is 5.13 Å². The van der Waals surface area contributed by atoms with E-state index in [1.165, 1.54) is 18.4 Å². The number of nitrogens with zero attached hydrogens (tertiary/aromatic N) is 3. The molecule has 2 N–H and O–H groups in total. The van der Waals surface area contributed by atoms with Crippen LogP contribution in [-0.4, -0.2) is 28.0 Å². The minimum atomic E-state index is 0.465. The number of aromatic nitrogens is 3. The Balaban J connectivity index is 1.54. The molecule has 0 spiro atoms. The number of aryl methyl sites for hydroxylation is 1. The number of hydrogen-bond donors (Lipinski definition) is 2. The highest BCUT2D eigenvalue weighted by molar-refractivity contribution is 7.18. The van der Waals surface area contributed by atoms with Crippen LogP contribution < -0.4 is 10.6 Å². The number of rotatable bonds is 4. The van der Waals surface area contributed by atoms with Crippen molar-refractivity contribution in [3.05, 3.63) is 54.1 Å². The molecule has 0 saturated carbocycles. The summed E-state index contributed by atoms with van der Waals surface area (Å²) in [7, 11) is 0. The summed E-state index contributed by atoms with van der Waals surface area (Å²) in [6.07, 6.45) is 4.28. The molecule has 5 nitrogen and oxygen atoms in total. The first-order valence-electron chi connectivity index (χ1n) is 8.62. The molecule has 0 radical (unpaired) electrons. The summed E-state index contributed by atoms with van der Waals surface area (Å²) in [4.78, 5) is 14.8. The Bertz CT molecular complexity index is 840. The number of nitrogens with one attached hydrogen (secondary N) is 2. The maximum absolute atomic E-state index is 4.64. The first-order chi connectivity index (χ1) is 12.3. The van der Waals surface area contributed by atoms with Gasteiger partial charge in [-0.2, -0.15) is 0 Å². The lowest BCUT2D eigenvalue weighted by molar-refractivity contribution is 0.453. The molecule has 25 heavy (non-hydrogen) atoms. The summed E-state index contributed by atoms with van der Waals surface area (Å²) in [5.41, 5.74) is 2.29. The largest absolute Gasteiger partial charge is 0.316 e. The Morgan fingerprint density at radius 2 is 2.08 bits per heavy atom. The second kappa shape index (κ2) is 7.29. The summed E-state index contributed by atoms with van der Waals surface area (Å²) in [5, 5.41) is 7.65. The van der Waals surface area contributed by atoms with Crippen molar-refractivity contribution in [2.24, 2.45) is 0 Å². The van der Waals surface area contributed by atoms with Crippen molar-refractivity contribution in [1.82, 2.24) is 20.3 Å². The number of benzene rings is 1. The average molecular weight is 351 g/mol. The first-order valence-corrected chi connectivity index (χ1v) is 9.44. The van der Waals surface area contributed by atoms with E-state index >= 15 is 0 Å². The van der Waals surface area contributed by atoms with Gasteiger partial charge in [0.2, 0.25) is 0 Å². The summed E-state index contributed by atoms with van der Waals surface area (Å²) in [6.45, 7) is 4.04. The summed E-state index contributed by atoms with van der Waals surface area (Å²) in [6, 6.07) is 12.4. The molecule has 0 bridgehead atoms. The average Bonchev–Trinajstić information content (AvgIpc) is 3.11. The Morgan fingerprint density at radius 3 is 2.88 bits per heavy atom. The summed E-state index contributed by atoms with van der Waals surface area (Å²) >= 11 is 1.63. The lowest BCUT2D eigenvalue weighted by Crippen LogP contribution is -2.29. The highest BCUT2D eigenvalue weighted by atomic mass is 32.1. The molecule has 0 aliphatic carbocycles. The Labute approximate surface area is 151 Å². The molecule has 128 valence electrons. The maximum Gasteiger partial charge on any atom is 0.188 e. The number of thiazole rings is 1. The van der Waals surface area contributed by atoms with Crippen LogP contribution in [0.4, 0.5) is 10.9 Å². The van der Waals surface area contributed by atoms with E-state index in [0.29, 0.717) is 5.92 Å². The van der Waals surface area contributed by atoms with Gasteiger partial charge >= 0.3 is 0 Å². The molecule has 1 aliphatic rings. The van der Waals surface area contributed by atoms with Gasteiger partial charge in [-0.05, 0) is 31.9 Å². The van der Waals surface area contributed by atoms with Crippen LogP contribution in [0, 0.1) is 6.92 Å². The van der Waals surface area contributed by atoms with Crippen molar-refractivity contribution in [1.29, 1.82) is 0 Å². The van der Waals surface area contributed by atoms with Gasteiger partial charge in [0.25, 0.3) is 0 Å². The third kappa shape index (κ3) is 3.86. The van der Waals surface area contributed by atoms with Gasteiger partial charge in [-0.15, -0.1) is 0 Å². The van der Waals surface area contributed by atoms with Crippen LogP contribution >= 0.6 is 11.3 Å². The number of piperidine rings is 1. The fraction of sp³-hybridized carbons (Fsp3) is 0.316. The van der Waals surface area contributed by atoms with E-state index in [2.05, 4.69) is 43.8 Å². The van der Waals surface area contributed by atoms with E-state index in [1.54, 1.807) is 11.3 Å². The molecule has 1 aromatic carbocycles. The molecule has 4 rings (SSSR count).